The first-order valence-electron chi connectivity index (χ1n) is 12.0. The molecule has 3 aromatic heterocycles. The van der Waals surface area contributed by atoms with Crippen LogP contribution in [0.5, 0.6) is 0 Å². The number of pyridine rings is 1. The Balaban J connectivity index is 0.00000304. The first-order valence-corrected chi connectivity index (χ1v) is 12.0. The quantitative estimate of drug-likeness (QED) is 0.284. The summed E-state index contributed by atoms with van der Waals surface area (Å²) in [6, 6.07) is 22.9. The van der Waals surface area contributed by atoms with Crippen LogP contribution in [0.15, 0.2) is 91.6 Å². The number of nitrogens with zero attached hydrogens (tertiary/aromatic N) is 3. The van der Waals surface area contributed by atoms with Gasteiger partial charge in [0.15, 0.2) is 0 Å². The highest BCUT2D eigenvalue weighted by atomic mass is 35.5. The maximum atomic E-state index is 13.1. The van der Waals surface area contributed by atoms with Gasteiger partial charge in [-0.2, -0.15) is 0 Å². The molecular weight excluding hydrogens is 470 g/mol. The number of imidazole rings is 1. The van der Waals surface area contributed by atoms with Gasteiger partial charge in [0.05, 0.1) is 12.0 Å². The summed E-state index contributed by atoms with van der Waals surface area (Å²) < 4.78 is 2.19. The summed E-state index contributed by atoms with van der Waals surface area (Å²) in [6.45, 7) is 3.37. The van der Waals surface area contributed by atoms with Crippen LogP contribution in [0.3, 0.4) is 0 Å². The molecule has 184 valence electrons. The van der Waals surface area contributed by atoms with Crippen molar-refractivity contribution in [1.82, 2.24) is 24.8 Å². The van der Waals surface area contributed by atoms with E-state index in [0.717, 1.165) is 34.4 Å². The third-order valence-corrected chi connectivity index (χ3v) is 6.33. The molecule has 0 aliphatic heterocycles. The van der Waals surface area contributed by atoms with E-state index < -0.39 is 0 Å². The standard InChI is InChI=1S/C29H29N5O.ClH/c1-21-7-5-10-23(15-21)26(16-28(35)31-14-12-24-17-30-20-33-24)27-19-34(18-22-8-3-2-4-9-22)29-25(27)11-6-13-32-29;/h2-11,13,15,17,19-20,26H,12,14,16,18H2,1H3,(H,30,33)(H,31,35);1H. The molecule has 1 unspecified atom stereocenters. The van der Waals surface area contributed by atoms with Crippen molar-refractivity contribution in [2.45, 2.75) is 32.2 Å². The molecule has 5 aromatic rings. The van der Waals surface area contributed by atoms with Crippen LogP contribution in [0, 0.1) is 6.92 Å². The predicted molar refractivity (Wildman–Crippen MR) is 145 cm³/mol. The van der Waals surface area contributed by atoms with Gasteiger partial charge < -0.3 is 14.9 Å². The van der Waals surface area contributed by atoms with Crippen molar-refractivity contribution in [2.24, 2.45) is 0 Å². The molecule has 0 aliphatic rings. The number of amides is 1. The Hall–Kier alpha value is -3.90. The molecule has 0 saturated heterocycles. The van der Waals surface area contributed by atoms with E-state index in [1.165, 1.54) is 11.1 Å². The van der Waals surface area contributed by atoms with Crippen LogP contribution in [0.4, 0.5) is 0 Å². The molecule has 6 nitrogen and oxygen atoms in total. The van der Waals surface area contributed by atoms with Gasteiger partial charge in [-0.25, -0.2) is 9.97 Å². The number of rotatable bonds is 9. The number of aromatic amines is 1. The molecule has 0 radical (unpaired) electrons. The first kappa shape index (κ1) is 25.2. The molecule has 1 atom stereocenters. The van der Waals surface area contributed by atoms with E-state index in [9.17, 15) is 4.79 Å². The van der Waals surface area contributed by atoms with Crippen LogP contribution in [0.1, 0.15) is 40.3 Å². The van der Waals surface area contributed by atoms with Crippen LogP contribution in [0.25, 0.3) is 11.0 Å². The number of hydrogen-bond donors (Lipinski definition) is 2. The first-order chi connectivity index (χ1) is 17.2. The topological polar surface area (TPSA) is 75.6 Å². The Labute approximate surface area is 217 Å². The molecule has 1 amide bonds. The average molecular weight is 500 g/mol. The number of aromatic nitrogens is 4. The van der Waals surface area contributed by atoms with Crippen molar-refractivity contribution >= 4 is 29.3 Å². The summed E-state index contributed by atoms with van der Waals surface area (Å²) >= 11 is 0. The number of halogens is 1. The number of hydrogen-bond acceptors (Lipinski definition) is 3. The van der Waals surface area contributed by atoms with E-state index in [4.69, 9.17) is 4.98 Å². The molecule has 0 fully saturated rings. The maximum absolute atomic E-state index is 13.1. The molecule has 7 heteroatoms. The van der Waals surface area contributed by atoms with Crippen molar-refractivity contribution in [3.05, 3.63) is 120 Å². The highest BCUT2D eigenvalue weighted by Crippen LogP contribution is 2.34. The van der Waals surface area contributed by atoms with Crippen LogP contribution in [0.2, 0.25) is 0 Å². The summed E-state index contributed by atoms with van der Waals surface area (Å²) in [5.41, 5.74) is 6.52. The lowest BCUT2D eigenvalue weighted by Gasteiger charge is -2.18. The number of H-pyrrole nitrogens is 1. The van der Waals surface area contributed by atoms with Crippen molar-refractivity contribution in [3.63, 3.8) is 0 Å². The zero-order chi connectivity index (χ0) is 24.0. The minimum atomic E-state index is -0.0796. The Morgan fingerprint density at radius 3 is 2.69 bits per heavy atom. The number of carbonyl (C=O) groups excluding carboxylic acids is 1. The normalized spacial score (nSPS) is 11.7. The second-order valence-corrected chi connectivity index (χ2v) is 8.90. The van der Waals surface area contributed by atoms with E-state index in [0.29, 0.717) is 19.4 Å². The number of benzene rings is 2. The van der Waals surface area contributed by atoms with Crippen molar-refractivity contribution in [2.75, 3.05) is 6.54 Å². The van der Waals surface area contributed by atoms with Gasteiger partial charge in [0, 0.05) is 55.8 Å². The van der Waals surface area contributed by atoms with Gasteiger partial charge in [-0.05, 0) is 35.7 Å². The fourth-order valence-electron chi connectivity index (χ4n) is 4.64. The SMILES string of the molecule is Cc1cccc(C(CC(=O)NCCc2c[nH]cn2)c2cn(Cc3ccccc3)c3ncccc23)c1.Cl. The zero-order valence-electron chi connectivity index (χ0n) is 20.2. The molecular formula is C29H30ClN5O. The van der Waals surface area contributed by atoms with Gasteiger partial charge in [0.1, 0.15) is 5.65 Å². The molecule has 3 heterocycles. The third-order valence-electron chi connectivity index (χ3n) is 6.33. The van der Waals surface area contributed by atoms with Crippen LogP contribution < -0.4 is 5.32 Å². The van der Waals surface area contributed by atoms with E-state index in [2.05, 4.69) is 87.6 Å². The van der Waals surface area contributed by atoms with Crippen molar-refractivity contribution in [1.29, 1.82) is 0 Å². The lowest BCUT2D eigenvalue weighted by atomic mass is 9.87. The smallest absolute Gasteiger partial charge is 0.220 e. The Morgan fingerprint density at radius 1 is 1.06 bits per heavy atom. The Morgan fingerprint density at radius 2 is 1.92 bits per heavy atom. The molecule has 5 rings (SSSR count). The average Bonchev–Trinajstić information content (AvgIpc) is 3.52. The van der Waals surface area contributed by atoms with Crippen molar-refractivity contribution < 1.29 is 4.79 Å². The minimum absolute atomic E-state index is 0. The van der Waals surface area contributed by atoms with Gasteiger partial charge >= 0.3 is 0 Å². The number of nitrogens with one attached hydrogen (secondary N) is 2. The molecule has 0 saturated carbocycles. The van der Waals surface area contributed by atoms with E-state index in [-0.39, 0.29) is 24.2 Å². The van der Waals surface area contributed by atoms with Gasteiger partial charge in [-0.15, -0.1) is 12.4 Å². The van der Waals surface area contributed by atoms with Gasteiger partial charge in [-0.1, -0.05) is 60.2 Å². The molecule has 0 aliphatic carbocycles. The number of fused-ring (bicyclic) bond motifs is 1. The van der Waals surface area contributed by atoms with Crippen LogP contribution >= 0.6 is 12.4 Å². The highest BCUT2D eigenvalue weighted by Gasteiger charge is 2.23. The monoisotopic (exact) mass is 499 g/mol. The lowest BCUT2D eigenvalue weighted by Crippen LogP contribution is -2.27. The maximum Gasteiger partial charge on any atom is 0.220 e. The second-order valence-electron chi connectivity index (χ2n) is 8.90. The summed E-state index contributed by atoms with van der Waals surface area (Å²) in [5, 5.41) is 4.17. The summed E-state index contributed by atoms with van der Waals surface area (Å²) in [4.78, 5) is 25.0. The van der Waals surface area contributed by atoms with Crippen molar-refractivity contribution in [3.8, 4) is 0 Å². The fourth-order valence-corrected chi connectivity index (χ4v) is 4.64. The zero-order valence-corrected chi connectivity index (χ0v) is 21.0. The molecule has 2 N–H and O–H groups in total. The van der Waals surface area contributed by atoms with E-state index in [1.807, 2.05) is 24.5 Å². The summed E-state index contributed by atoms with van der Waals surface area (Å²) in [5.74, 6) is -0.0519. The van der Waals surface area contributed by atoms with Gasteiger partial charge in [0.25, 0.3) is 0 Å². The summed E-state index contributed by atoms with van der Waals surface area (Å²) in [6.07, 6.45) is 8.58. The lowest BCUT2D eigenvalue weighted by molar-refractivity contribution is -0.121. The minimum Gasteiger partial charge on any atom is -0.356 e. The Kier molecular flexibility index (Phi) is 8.18. The molecule has 0 spiro atoms. The Bertz CT molecular complexity index is 1410. The van der Waals surface area contributed by atoms with Gasteiger partial charge in [-0.3, -0.25) is 4.79 Å². The number of carbonyl (C=O) groups is 1. The molecule has 0 bridgehead atoms. The number of aryl methyl sites for hydroxylation is 1. The van der Waals surface area contributed by atoms with Crippen LogP contribution in [-0.4, -0.2) is 32.0 Å². The largest absolute Gasteiger partial charge is 0.356 e. The van der Waals surface area contributed by atoms with Crippen LogP contribution in [-0.2, 0) is 17.8 Å². The van der Waals surface area contributed by atoms with Gasteiger partial charge in [0.2, 0.25) is 5.91 Å². The predicted octanol–water partition coefficient (Wildman–Crippen LogP) is 5.42. The fraction of sp³-hybridized carbons (Fsp3) is 0.207. The van der Waals surface area contributed by atoms with E-state index >= 15 is 0 Å². The second kappa shape index (κ2) is 11.7. The van der Waals surface area contributed by atoms with E-state index in [1.54, 1.807) is 6.33 Å². The summed E-state index contributed by atoms with van der Waals surface area (Å²) in [7, 11) is 0. The molecule has 36 heavy (non-hydrogen) atoms. The molecule has 2 aromatic carbocycles. The third kappa shape index (κ3) is 5.83. The highest BCUT2D eigenvalue weighted by molar-refractivity contribution is 5.85.